The molecule has 4 aliphatic rings. The zero-order valence-corrected chi connectivity index (χ0v) is 18.3. The largest absolute Gasteiger partial charge is 0.348 e. The Bertz CT molecular complexity index is 737. The third-order valence-electron chi connectivity index (χ3n) is 7.29. The predicted octanol–water partition coefficient (Wildman–Crippen LogP) is 1.87. The number of amides is 2. The molecule has 1 aliphatic carbocycles. The number of hydrogen-bond acceptors (Lipinski definition) is 4. The van der Waals surface area contributed by atoms with Gasteiger partial charge in [0.15, 0.2) is 0 Å². The van der Waals surface area contributed by atoms with Crippen LogP contribution in [0.5, 0.6) is 0 Å². The molecular formula is C20H31Cl2N5O2. The lowest BCUT2D eigenvalue weighted by molar-refractivity contribution is -0.151. The lowest BCUT2D eigenvalue weighted by Crippen LogP contribution is -2.60. The van der Waals surface area contributed by atoms with Crippen molar-refractivity contribution in [3.05, 3.63) is 17.7 Å². The fourth-order valence-corrected chi connectivity index (χ4v) is 5.40. The highest BCUT2D eigenvalue weighted by molar-refractivity contribution is 5.85. The second kappa shape index (κ2) is 8.82. The fourth-order valence-electron chi connectivity index (χ4n) is 5.40. The Morgan fingerprint density at radius 3 is 2.41 bits per heavy atom. The molecule has 2 amide bonds. The van der Waals surface area contributed by atoms with Crippen molar-refractivity contribution < 1.29 is 9.59 Å². The molecule has 29 heavy (non-hydrogen) atoms. The van der Waals surface area contributed by atoms with Gasteiger partial charge in [-0.15, -0.1) is 24.8 Å². The summed E-state index contributed by atoms with van der Waals surface area (Å²) in [7, 11) is 0. The molecule has 0 radical (unpaired) electrons. The predicted molar refractivity (Wildman–Crippen MR) is 114 cm³/mol. The van der Waals surface area contributed by atoms with Crippen LogP contribution in [0, 0.1) is 11.8 Å². The van der Waals surface area contributed by atoms with E-state index in [1.54, 1.807) is 6.33 Å². The highest BCUT2D eigenvalue weighted by Crippen LogP contribution is 2.44. The van der Waals surface area contributed by atoms with Crippen LogP contribution in [0.4, 0.5) is 0 Å². The zero-order chi connectivity index (χ0) is 18.4. The molecule has 3 fully saturated rings. The Labute approximate surface area is 184 Å². The van der Waals surface area contributed by atoms with Crippen molar-refractivity contribution in [3.8, 4) is 0 Å². The van der Waals surface area contributed by atoms with Crippen LogP contribution < -0.4 is 5.32 Å². The number of aromatic amines is 1. The molecule has 2 N–H and O–H groups in total. The fraction of sp³-hybridized carbons (Fsp3) is 0.750. The van der Waals surface area contributed by atoms with E-state index in [0.29, 0.717) is 5.91 Å². The molecular weight excluding hydrogens is 413 g/mol. The Kier molecular flexibility index (Phi) is 6.81. The number of carbonyl (C=O) groups excluding carboxylic acids is 2. The molecule has 7 nitrogen and oxygen atoms in total. The van der Waals surface area contributed by atoms with Crippen molar-refractivity contribution in [1.82, 2.24) is 25.1 Å². The first-order valence-corrected chi connectivity index (χ1v) is 10.5. The Balaban J connectivity index is 0.00000120. The number of hydrogen-bond donors (Lipinski definition) is 2. The molecule has 1 atom stereocenters. The van der Waals surface area contributed by atoms with Gasteiger partial charge in [-0.1, -0.05) is 6.42 Å². The average molecular weight is 444 g/mol. The number of aromatic nitrogens is 2. The number of likely N-dealkylation sites (tertiary alicyclic amines) is 1. The molecule has 1 aromatic rings. The van der Waals surface area contributed by atoms with Crippen LogP contribution in [0.1, 0.15) is 49.9 Å². The molecule has 2 saturated heterocycles. The smallest absolute Gasteiger partial charge is 0.227 e. The minimum Gasteiger partial charge on any atom is -0.348 e. The van der Waals surface area contributed by atoms with E-state index in [4.69, 9.17) is 0 Å². The molecule has 0 bridgehead atoms. The van der Waals surface area contributed by atoms with Crippen molar-refractivity contribution >= 4 is 36.6 Å². The summed E-state index contributed by atoms with van der Waals surface area (Å²) in [5.74, 6) is 0.921. The molecule has 1 spiro atoms. The van der Waals surface area contributed by atoms with E-state index in [1.807, 2.05) is 4.90 Å². The summed E-state index contributed by atoms with van der Waals surface area (Å²) in [6.07, 6.45) is 8.39. The Hall–Kier alpha value is -1.31. The van der Waals surface area contributed by atoms with Crippen molar-refractivity contribution in [3.63, 3.8) is 0 Å². The van der Waals surface area contributed by atoms with Crippen LogP contribution in [-0.2, 0) is 21.5 Å². The number of imidazole rings is 1. The molecule has 0 aromatic carbocycles. The zero-order valence-electron chi connectivity index (χ0n) is 16.7. The van der Waals surface area contributed by atoms with Crippen molar-refractivity contribution in [2.24, 2.45) is 11.8 Å². The third-order valence-corrected chi connectivity index (χ3v) is 7.29. The minimum absolute atomic E-state index is 0. The first-order valence-electron chi connectivity index (χ1n) is 10.5. The summed E-state index contributed by atoms with van der Waals surface area (Å²) in [4.78, 5) is 38.1. The van der Waals surface area contributed by atoms with E-state index in [0.717, 1.165) is 76.9 Å². The monoisotopic (exact) mass is 443 g/mol. The number of piperidine rings is 1. The van der Waals surface area contributed by atoms with Gasteiger partial charge in [-0.2, -0.15) is 0 Å². The van der Waals surface area contributed by atoms with Crippen LogP contribution in [0.25, 0.3) is 0 Å². The normalized spacial score (nSPS) is 25.6. The SMILES string of the molecule is Cl.Cl.O=C(C1CCNC1)N1CCC2(CC1)c1nc[nH]c1CCN2C(=O)C1CCC1. The van der Waals surface area contributed by atoms with Gasteiger partial charge in [-0.25, -0.2) is 4.98 Å². The summed E-state index contributed by atoms with van der Waals surface area (Å²) >= 11 is 0. The molecule has 1 unspecified atom stereocenters. The number of carbonyl (C=O) groups is 2. The van der Waals surface area contributed by atoms with E-state index in [9.17, 15) is 9.59 Å². The lowest BCUT2D eigenvalue weighted by atomic mass is 9.76. The van der Waals surface area contributed by atoms with E-state index in [-0.39, 0.29) is 48.1 Å². The molecule has 4 heterocycles. The molecule has 3 aliphatic heterocycles. The summed E-state index contributed by atoms with van der Waals surface area (Å²) in [5, 5.41) is 3.29. The molecule has 9 heteroatoms. The van der Waals surface area contributed by atoms with Crippen LogP contribution in [0.15, 0.2) is 6.33 Å². The summed E-state index contributed by atoms with van der Waals surface area (Å²) in [5.41, 5.74) is 1.90. The maximum Gasteiger partial charge on any atom is 0.227 e. The highest BCUT2D eigenvalue weighted by Gasteiger charge is 2.50. The number of H-pyrrole nitrogens is 1. The number of fused-ring (bicyclic) bond motifs is 2. The van der Waals surface area contributed by atoms with Gasteiger partial charge in [0.2, 0.25) is 11.8 Å². The van der Waals surface area contributed by atoms with Gasteiger partial charge < -0.3 is 20.1 Å². The second-order valence-corrected chi connectivity index (χ2v) is 8.64. The second-order valence-electron chi connectivity index (χ2n) is 8.64. The third kappa shape index (κ3) is 3.66. The van der Waals surface area contributed by atoms with Crippen molar-refractivity contribution in [2.75, 3.05) is 32.7 Å². The van der Waals surface area contributed by atoms with Gasteiger partial charge in [-0.05, 0) is 38.6 Å². The maximum atomic E-state index is 13.2. The van der Waals surface area contributed by atoms with E-state index in [1.165, 1.54) is 12.1 Å². The van der Waals surface area contributed by atoms with Gasteiger partial charge in [-0.3, -0.25) is 9.59 Å². The molecule has 1 aromatic heterocycles. The van der Waals surface area contributed by atoms with Crippen LogP contribution in [-0.4, -0.2) is 64.3 Å². The average Bonchev–Trinajstić information content (AvgIpc) is 3.33. The number of rotatable bonds is 2. The van der Waals surface area contributed by atoms with Gasteiger partial charge in [0.1, 0.15) is 0 Å². The standard InChI is InChI=1S/C20H29N5O2.2ClH/c26-18(15-4-8-21-12-15)24-10-6-20(7-11-24)17-16(22-13-23-17)5-9-25(20)19(27)14-2-1-3-14;;/h13-15,21H,1-12H2,(H,22,23);2*1H. The first-order chi connectivity index (χ1) is 13.2. The van der Waals surface area contributed by atoms with E-state index < -0.39 is 0 Å². The highest BCUT2D eigenvalue weighted by atomic mass is 35.5. The summed E-state index contributed by atoms with van der Waals surface area (Å²) in [6, 6.07) is 0. The van der Waals surface area contributed by atoms with Gasteiger partial charge in [0.05, 0.1) is 23.5 Å². The Morgan fingerprint density at radius 1 is 1.03 bits per heavy atom. The van der Waals surface area contributed by atoms with E-state index in [2.05, 4.69) is 20.2 Å². The van der Waals surface area contributed by atoms with E-state index >= 15 is 0 Å². The number of nitrogens with one attached hydrogen (secondary N) is 2. The van der Waals surface area contributed by atoms with Gasteiger partial charge >= 0.3 is 0 Å². The summed E-state index contributed by atoms with van der Waals surface area (Å²) < 4.78 is 0. The minimum atomic E-state index is -0.328. The summed E-state index contributed by atoms with van der Waals surface area (Å²) in [6.45, 7) is 3.95. The number of halogens is 2. The van der Waals surface area contributed by atoms with Gasteiger partial charge in [0.25, 0.3) is 0 Å². The van der Waals surface area contributed by atoms with Crippen molar-refractivity contribution in [1.29, 1.82) is 0 Å². The molecule has 5 rings (SSSR count). The van der Waals surface area contributed by atoms with Crippen LogP contribution in [0.2, 0.25) is 0 Å². The van der Waals surface area contributed by atoms with Gasteiger partial charge in [0, 0.05) is 44.2 Å². The number of nitrogens with zero attached hydrogens (tertiary/aromatic N) is 3. The molecule has 1 saturated carbocycles. The molecule has 162 valence electrons. The van der Waals surface area contributed by atoms with Crippen LogP contribution in [0.3, 0.4) is 0 Å². The van der Waals surface area contributed by atoms with Crippen LogP contribution >= 0.6 is 24.8 Å². The quantitative estimate of drug-likeness (QED) is 0.730. The lowest BCUT2D eigenvalue weighted by Gasteiger charge is -2.52. The topological polar surface area (TPSA) is 81.3 Å². The first kappa shape index (κ1) is 22.4. The maximum absolute atomic E-state index is 13.2. The Morgan fingerprint density at radius 2 is 1.79 bits per heavy atom. The van der Waals surface area contributed by atoms with Crippen molar-refractivity contribution in [2.45, 2.75) is 50.5 Å².